The number of piperidine rings is 1. The minimum absolute atomic E-state index is 0.0144. The molecule has 0 aliphatic carbocycles. The third kappa shape index (κ3) is 5.37. The summed E-state index contributed by atoms with van der Waals surface area (Å²) in [4.78, 5) is 49.6. The Morgan fingerprint density at radius 2 is 1.68 bits per heavy atom. The van der Waals surface area contributed by atoms with Crippen molar-refractivity contribution in [1.82, 2.24) is 14.8 Å². The SMILES string of the molecule is NC(=O)CNC(=O)Cc1ccc2c3oc(=O)c(=O)oc3n(C3CCN(CCc4ccc(F)cc4)CC3)c2c1. The van der Waals surface area contributed by atoms with Gasteiger partial charge in [-0.1, -0.05) is 18.2 Å². The van der Waals surface area contributed by atoms with Crippen molar-refractivity contribution in [2.75, 3.05) is 26.2 Å². The average Bonchev–Trinajstić information content (AvgIpc) is 3.20. The van der Waals surface area contributed by atoms with Gasteiger partial charge in [-0.2, -0.15) is 0 Å². The Balaban J connectivity index is 1.40. The average molecular weight is 523 g/mol. The smallest absolute Gasteiger partial charge is 0.412 e. The molecule has 3 heterocycles. The first-order valence-corrected chi connectivity index (χ1v) is 12.4. The van der Waals surface area contributed by atoms with Crippen LogP contribution in [0.5, 0.6) is 0 Å². The Morgan fingerprint density at radius 1 is 1.00 bits per heavy atom. The lowest BCUT2D eigenvalue weighted by atomic mass is 10.0. The third-order valence-electron chi connectivity index (χ3n) is 6.91. The number of aromatic nitrogens is 1. The van der Waals surface area contributed by atoms with Gasteiger partial charge in [0.1, 0.15) is 5.82 Å². The normalized spacial score (nSPS) is 14.8. The van der Waals surface area contributed by atoms with Crippen LogP contribution in [0.1, 0.15) is 30.0 Å². The van der Waals surface area contributed by atoms with Crippen molar-refractivity contribution < 1.29 is 22.8 Å². The number of fused-ring (bicyclic) bond motifs is 3. The highest BCUT2D eigenvalue weighted by molar-refractivity contribution is 6.03. The van der Waals surface area contributed by atoms with E-state index in [0.717, 1.165) is 44.5 Å². The van der Waals surface area contributed by atoms with Gasteiger partial charge >= 0.3 is 11.3 Å². The maximum absolute atomic E-state index is 13.2. The Hall–Kier alpha value is -4.25. The van der Waals surface area contributed by atoms with Crippen LogP contribution in [0.25, 0.3) is 22.2 Å². The van der Waals surface area contributed by atoms with Gasteiger partial charge in [0.25, 0.3) is 0 Å². The van der Waals surface area contributed by atoms with Gasteiger partial charge in [-0.15, -0.1) is 0 Å². The molecule has 5 rings (SSSR count). The first kappa shape index (κ1) is 25.4. The first-order chi connectivity index (χ1) is 18.3. The molecule has 1 fully saturated rings. The number of carbonyl (C=O) groups is 2. The van der Waals surface area contributed by atoms with Crippen LogP contribution in [0.3, 0.4) is 0 Å². The summed E-state index contributed by atoms with van der Waals surface area (Å²) in [5, 5.41) is 3.06. The molecule has 1 aliphatic heterocycles. The van der Waals surface area contributed by atoms with Gasteiger partial charge in [-0.25, -0.2) is 14.0 Å². The van der Waals surface area contributed by atoms with E-state index in [4.69, 9.17) is 14.6 Å². The van der Waals surface area contributed by atoms with Gasteiger partial charge in [-0.05, 0) is 54.7 Å². The second-order valence-corrected chi connectivity index (χ2v) is 9.50. The van der Waals surface area contributed by atoms with E-state index in [1.54, 1.807) is 30.3 Å². The van der Waals surface area contributed by atoms with Gasteiger partial charge in [0.05, 0.1) is 18.5 Å². The first-order valence-electron chi connectivity index (χ1n) is 12.4. The number of benzene rings is 2. The molecule has 0 radical (unpaired) electrons. The summed E-state index contributed by atoms with van der Waals surface area (Å²) >= 11 is 0. The topological polar surface area (TPSA) is 141 Å². The van der Waals surface area contributed by atoms with E-state index in [-0.39, 0.29) is 42.0 Å². The monoisotopic (exact) mass is 522 g/mol. The molecule has 0 atom stereocenters. The number of nitrogens with zero attached hydrogens (tertiary/aromatic N) is 2. The standard InChI is InChI=1S/C27H27FN4O6/c28-18-4-1-16(2-5-18)7-10-31-11-8-19(9-12-31)32-21-13-17(14-23(34)30-15-22(29)33)3-6-20(21)24-25(32)38-27(36)26(35)37-24/h1-6,13,19H,7-12,14-15H2,(H2,29,33)(H,30,34). The van der Waals surface area contributed by atoms with Crippen LogP contribution in [0.4, 0.5) is 4.39 Å². The molecule has 3 N–H and O–H groups in total. The highest BCUT2D eigenvalue weighted by Crippen LogP contribution is 2.35. The summed E-state index contributed by atoms with van der Waals surface area (Å²) in [5.41, 5.74) is 5.73. The number of amides is 2. The molecule has 1 aliphatic rings. The lowest BCUT2D eigenvalue weighted by molar-refractivity contribution is -0.124. The Labute approximate surface area is 215 Å². The molecule has 2 aromatic heterocycles. The van der Waals surface area contributed by atoms with E-state index in [0.29, 0.717) is 16.5 Å². The molecule has 2 amide bonds. The second-order valence-electron chi connectivity index (χ2n) is 9.50. The van der Waals surface area contributed by atoms with Gasteiger partial charge in [-0.3, -0.25) is 9.59 Å². The van der Waals surface area contributed by atoms with Crippen LogP contribution >= 0.6 is 0 Å². The minimum atomic E-state index is -1.08. The van der Waals surface area contributed by atoms with Crippen molar-refractivity contribution in [2.24, 2.45) is 5.73 Å². The van der Waals surface area contributed by atoms with E-state index in [1.807, 2.05) is 4.57 Å². The number of hydrogen-bond acceptors (Lipinski definition) is 7. The molecule has 0 unspecified atom stereocenters. The van der Waals surface area contributed by atoms with Crippen molar-refractivity contribution in [3.8, 4) is 0 Å². The molecule has 10 nitrogen and oxygen atoms in total. The minimum Gasteiger partial charge on any atom is -0.412 e. The summed E-state index contributed by atoms with van der Waals surface area (Å²) in [6.45, 7) is 2.17. The number of nitrogens with one attached hydrogen (secondary N) is 1. The predicted molar refractivity (Wildman–Crippen MR) is 137 cm³/mol. The maximum atomic E-state index is 13.2. The zero-order valence-electron chi connectivity index (χ0n) is 20.6. The number of rotatable bonds is 8. The Bertz CT molecular complexity index is 1610. The largest absolute Gasteiger partial charge is 0.424 e. The molecule has 4 aromatic rings. The van der Waals surface area contributed by atoms with Gasteiger partial charge in [0.2, 0.25) is 23.1 Å². The summed E-state index contributed by atoms with van der Waals surface area (Å²) in [6.07, 6.45) is 2.34. The van der Waals surface area contributed by atoms with Crippen LogP contribution in [0, 0.1) is 5.82 Å². The fraction of sp³-hybridized carbons (Fsp3) is 0.333. The summed E-state index contributed by atoms with van der Waals surface area (Å²) < 4.78 is 25.8. The molecule has 11 heteroatoms. The second kappa shape index (κ2) is 10.6. The lowest BCUT2D eigenvalue weighted by Crippen LogP contribution is -2.36. The molecule has 1 saturated heterocycles. The molecule has 0 saturated carbocycles. The molecule has 0 spiro atoms. The highest BCUT2D eigenvalue weighted by atomic mass is 19.1. The van der Waals surface area contributed by atoms with Crippen LogP contribution in [0.15, 0.2) is 60.9 Å². The number of likely N-dealkylation sites (tertiary alicyclic amines) is 1. The van der Waals surface area contributed by atoms with Crippen molar-refractivity contribution in [2.45, 2.75) is 31.7 Å². The van der Waals surface area contributed by atoms with Crippen molar-refractivity contribution in [3.05, 3.63) is 80.2 Å². The number of nitrogens with two attached hydrogens (primary N) is 1. The molecular formula is C27H27FN4O6. The maximum Gasteiger partial charge on any atom is 0.424 e. The van der Waals surface area contributed by atoms with Crippen LogP contribution < -0.4 is 22.3 Å². The quantitative estimate of drug-likeness (QED) is 0.337. The number of hydrogen-bond donors (Lipinski definition) is 2. The Morgan fingerprint density at radius 3 is 2.39 bits per heavy atom. The number of halogens is 1. The number of primary amides is 1. The van der Waals surface area contributed by atoms with Gasteiger partial charge in [0, 0.05) is 31.1 Å². The van der Waals surface area contributed by atoms with E-state index in [9.17, 15) is 23.6 Å². The highest BCUT2D eigenvalue weighted by Gasteiger charge is 2.27. The van der Waals surface area contributed by atoms with Gasteiger partial charge < -0.3 is 29.4 Å². The molecule has 198 valence electrons. The van der Waals surface area contributed by atoms with Crippen molar-refractivity contribution in [1.29, 1.82) is 0 Å². The van der Waals surface area contributed by atoms with Crippen LogP contribution in [-0.2, 0) is 22.4 Å². The van der Waals surface area contributed by atoms with Crippen LogP contribution in [-0.4, -0.2) is 47.5 Å². The zero-order chi connectivity index (χ0) is 26.8. The van der Waals surface area contributed by atoms with E-state index >= 15 is 0 Å². The molecule has 38 heavy (non-hydrogen) atoms. The van der Waals surface area contributed by atoms with E-state index < -0.39 is 17.2 Å². The molecule has 2 aromatic carbocycles. The van der Waals surface area contributed by atoms with E-state index in [2.05, 4.69) is 10.2 Å². The van der Waals surface area contributed by atoms with Crippen molar-refractivity contribution >= 4 is 34.0 Å². The number of carbonyl (C=O) groups excluding carboxylic acids is 2. The predicted octanol–water partition coefficient (Wildman–Crippen LogP) is 1.86. The molecular weight excluding hydrogens is 495 g/mol. The van der Waals surface area contributed by atoms with Crippen molar-refractivity contribution in [3.63, 3.8) is 0 Å². The lowest BCUT2D eigenvalue weighted by Gasteiger charge is -2.33. The zero-order valence-corrected chi connectivity index (χ0v) is 20.6. The van der Waals surface area contributed by atoms with E-state index in [1.165, 1.54) is 12.1 Å². The summed E-state index contributed by atoms with van der Waals surface area (Å²) in [7, 11) is 0. The van der Waals surface area contributed by atoms with Gasteiger partial charge in [0.15, 0.2) is 0 Å². The summed E-state index contributed by atoms with van der Waals surface area (Å²) in [5.74, 6) is -1.25. The summed E-state index contributed by atoms with van der Waals surface area (Å²) in [6, 6.07) is 11.7. The fourth-order valence-corrected chi connectivity index (χ4v) is 5.01. The van der Waals surface area contributed by atoms with Crippen LogP contribution in [0.2, 0.25) is 0 Å². The third-order valence-corrected chi connectivity index (χ3v) is 6.91. The fourth-order valence-electron chi connectivity index (χ4n) is 5.01. The Kier molecular flexibility index (Phi) is 7.10. The molecule has 0 bridgehead atoms.